The summed E-state index contributed by atoms with van der Waals surface area (Å²) in [6.07, 6.45) is 3.65. The summed E-state index contributed by atoms with van der Waals surface area (Å²) in [5.74, 6) is -1.18. The zero-order valence-electron chi connectivity index (χ0n) is 19.2. The van der Waals surface area contributed by atoms with E-state index in [0.717, 1.165) is 28.7 Å². The number of anilines is 1. The van der Waals surface area contributed by atoms with Gasteiger partial charge in [-0.05, 0) is 55.5 Å². The van der Waals surface area contributed by atoms with Crippen LogP contribution in [-0.4, -0.2) is 41.3 Å². The number of rotatable bonds is 6. The van der Waals surface area contributed by atoms with Crippen molar-refractivity contribution in [3.8, 4) is 5.75 Å². The maximum Gasteiger partial charge on any atom is 0.238 e. The third-order valence-electron chi connectivity index (χ3n) is 7.35. The molecule has 0 spiro atoms. The summed E-state index contributed by atoms with van der Waals surface area (Å²) in [5, 5.41) is 20.2. The van der Waals surface area contributed by atoms with Crippen molar-refractivity contribution in [2.45, 2.75) is 32.3 Å². The van der Waals surface area contributed by atoms with Crippen LogP contribution in [-0.2, 0) is 14.3 Å². The maximum atomic E-state index is 13.4. The highest BCUT2D eigenvalue weighted by Crippen LogP contribution is 2.50. The Bertz CT molecular complexity index is 1170. The van der Waals surface area contributed by atoms with E-state index in [1.807, 2.05) is 43.3 Å². The van der Waals surface area contributed by atoms with Crippen molar-refractivity contribution >= 4 is 23.6 Å². The third kappa shape index (κ3) is 3.87. The van der Waals surface area contributed by atoms with Gasteiger partial charge < -0.3 is 14.9 Å². The number of ether oxygens (including phenoxy) is 1. The molecule has 3 aliphatic rings. The second-order valence-electron chi connectivity index (χ2n) is 9.42. The van der Waals surface area contributed by atoms with Crippen LogP contribution in [0.1, 0.15) is 31.7 Å². The lowest BCUT2D eigenvalue weighted by Crippen LogP contribution is -2.35. The number of aliphatic hydroxyl groups is 1. The summed E-state index contributed by atoms with van der Waals surface area (Å²) in [4.78, 5) is 28.0. The highest BCUT2D eigenvalue weighted by atomic mass is 16.5. The number of carbonyl (C=O) groups excluding carboxylic acids is 2. The number of allylic oxidation sites excluding steroid dienone is 1. The first-order valence-electron chi connectivity index (χ1n) is 11.8. The Labute approximate surface area is 199 Å². The van der Waals surface area contributed by atoms with E-state index in [0.29, 0.717) is 25.1 Å². The molecule has 0 radical (unpaired) electrons. The molecule has 176 valence electrons. The molecule has 0 unspecified atom stereocenters. The molecule has 2 aromatic rings. The number of para-hydroxylation sites is 2. The third-order valence-corrected chi connectivity index (χ3v) is 7.35. The number of hydrogen-bond acceptors (Lipinski definition) is 5. The molecule has 6 heteroatoms. The van der Waals surface area contributed by atoms with E-state index in [1.165, 1.54) is 4.90 Å². The molecular weight excluding hydrogens is 430 g/mol. The summed E-state index contributed by atoms with van der Waals surface area (Å²) in [6, 6.07) is 16.3. The fourth-order valence-corrected chi connectivity index (χ4v) is 5.76. The number of amides is 2. The maximum absolute atomic E-state index is 13.4. The SMILES string of the molecule is C/C(=C\c1ccccc1O)CC[C@H]1OC[C@H]2C1=C(CO)C[C@H]1C(=O)N(c3ccccc3)C(=O)[C@H]12. The van der Waals surface area contributed by atoms with Crippen LogP contribution >= 0.6 is 0 Å². The fraction of sp³-hybridized carbons (Fsp3) is 0.357. The predicted octanol–water partition coefficient (Wildman–Crippen LogP) is 4.09. The number of nitrogens with zero attached hydrogens (tertiary/aromatic N) is 1. The summed E-state index contributed by atoms with van der Waals surface area (Å²) in [5.41, 5.74) is 4.33. The number of fused-ring (bicyclic) bond motifs is 3. The summed E-state index contributed by atoms with van der Waals surface area (Å²) >= 11 is 0. The van der Waals surface area contributed by atoms with Crippen LogP contribution in [0.3, 0.4) is 0 Å². The first kappa shape index (κ1) is 22.6. The van der Waals surface area contributed by atoms with Gasteiger partial charge in [-0.25, -0.2) is 0 Å². The van der Waals surface area contributed by atoms with Crippen LogP contribution in [0.15, 0.2) is 71.3 Å². The van der Waals surface area contributed by atoms with Gasteiger partial charge in [0.1, 0.15) is 5.75 Å². The van der Waals surface area contributed by atoms with Gasteiger partial charge >= 0.3 is 0 Å². The average Bonchev–Trinajstić information content (AvgIpc) is 3.38. The van der Waals surface area contributed by atoms with Gasteiger partial charge in [-0.2, -0.15) is 0 Å². The van der Waals surface area contributed by atoms with Crippen molar-refractivity contribution in [1.82, 2.24) is 0 Å². The molecule has 1 aliphatic carbocycles. The monoisotopic (exact) mass is 459 g/mol. The molecular formula is C28H29NO5. The van der Waals surface area contributed by atoms with Crippen LogP contribution in [0.2, 0.25) is 0 Å². The Morgan fingerprint density at radius 3 is 2.53 bits per heavy atom. The molecule has 2 aliphatic heterocycles. The molecule has 0 saturated carbocycles. The van der Waals surface area contributed by atoms with Crippen LogP contribution in [0.4, 0.5) is 5.69 Å². The van der Waals surface area contributed by atoms with Crippen LogP contribution in [0.5, 0.6) is 5.75 Å². The number of imide groups is 1. The number of hydrogen-bond donors (Lipinski definition) is 2. The van der Waals surface area contributed by atoms with Crippen molar-refractivity contribution in [1.29, 1.82) is 0 Å². The zero-order chi connectivity index (χ0) is 23.8. The number of phenols is 1. The number of aliphatic hydroxyl groups excluding tert-OH is 1. The van der Waals surface area contributed by atoms with Gasteiger partial charge in [0.05, 0.1) is 36.8 Å². The van der Waals surface area contributed by atoms with E-state index < -0.39 is 11.8 Å². The van der Waals surface area contributed by atoms with Crippen LogP contribution < -0.4 is 4.90 Å². The van der Waals surface area contributed by atoms with E-state index in [-0.39, 0.29) is 36.2 Å². The summed E-state index contributed by atoms with van der Waals surface area (Å²) < 4.78 is 6.16. The van der Waals surface area contributed by atoms with Gasteiger partial charge in [-0.3, -0.25) is 14.5 Å². The topological polar surface area (TPSA) is 87.1 Å². The number of aromatic hydroxyl groups is 1. The Hall–Kier alpha value is -3.22. The predicted molar refractivity (Wildman–Crippen MR) is 129 cm³/mol. The molecule has 0 aromatic heterocycles. The Kier molecular flexibility index (Phi) is 6.11. The Morgan fingerprint density at radius 2 is 1.79 bits per heavy atom. The average molecular weight is 460 g/mol. The highest BCUT2D eigenvalue weighted by molar-refractivity contribution is 6.22. The fourth-order valence-electron chi connectivity index (χ4n) is 5.76. The van der Waals surface area contributed by atoms with E-state index in [9.17, 15) is 19.8 Å². The number of carbonyl (C=O) groups is 2. The summed E-state index contributed by atoms with van der Waals surface area (Å²) in [6.45, 7) is 2.27. The van der Waals surface area contributed by atoms with Crippen LogP contribution in [0.25, 0.3) is 6.08 Å². The molecule has 2 amide bonds. The lowest BCUT2D eigenvalue weighted by atomic mass is 9.69. The normalized spacial score (nSPS) is 26.8. The van der Waals surface area contributed by atoms with Gasteiger partial charge in [-0.1, -0.05) is 48.0 Å². The summed E-state index contributed by atoms with van der Waals surface area (Å²) in [7, 11) is 0. The minimum Gasteiger partial charge on any atom is -0.507 e. The lowest BCUT2D eigenvalue weighted by molar-refractivity contribution is -0.122. The molecule has 0 bridgehead atoms. The molecule has 2 fully saturated rings. The molecule has 2 aromatic carbocycles. The minimum atomic E-state index is -0.450. The largest absolute Gasteiger partial charge is 0.507 e. The number of phenolic OH excluding ortho intramolecular Hbond substituents is 1. The molecule has 4 atom stereocenters. The van der Waals surface area contributed by atoms with E-state index in [1.54, 1.807) is 24.3 Å². The second kappa shape index (κ2) is 9.20. The minimum absolute atomic E-state index is 0.131. The molecule has 34 heavy (non-hydrogen) atoms. The smallest absolute Gasteiger partial charge is 0.238 e. The first-order chi connectivity index (χ1) is 16.5. The van der Waals surface area contributed by atoms with E-state index in [4.69, 9.17) is 4.74 Å². The van der Waals surface area contributed by atoms with Gasteiger partial charge in [-0.15, -0.1) is 0 Å². The first-order valence-corrected chi connectivity index (χ1v) is 11.8. The highest BCUT2D eigenvalue weighted by Gasteiger charge is 2.57. The Balaban J connectivity index is 1.36. The standard InChI is InChI=1S/C28H29NO5/c1-17(13-18-7-5-6-10-23(18)31)11-12-24-25-19(15-30)14-21-26(22(25)16-34-24)28(33)29(27(21)32)20-8-3-2-4-9-20/h2-10,13,21-22,24,26,30-31H,11-12,14-16H2,1H3/b17-13+/t21-,22+,24-,26-/m1/s1. The number of benzene rings is 2. The quantitative estimate of drug-likeness (QED) is 0.502. The second-order valence-corrected chi connectivity index (χ2v) is 9.42. The van der Waals surface area contributed by atoms with E-state index in [2.05, 4.69) is 0 Å². The lowest BCUT2D eigenvalue weighted by Gasteiger charge is -2.31. The zero-order valence-corrected chi connectivity index (χ0v) is 19.2. The van der Waals surface area contributed by atoms with Crippen molar-refractivity contribution in [2.24, 2.45) is 17.8 Å². The molecule has 2 heterocycles. The molecule has 6 nitrogen and oxygen atoms in total. The van der Waals surface area contributed by atoms with Gasteiger partial charge in [0, 0.05) is 11.5 Å². The molecule has 2 N–H and O–H groups in total. The van der Waals surface area contributed by atoms with Crippen molar-refractivity contribution in [3.63, 3.8) is 0 Å². The van der Waals surface area contributed by atoms with E-state index >= 15 is 0 Å². The molecule has 2 saturated heterocycles. The Morgan fingerprint density at radius 1 is 1.06 bits per heavy atom. The van der Waals surface area contributed by atoms with Gasteiger partial charge in [0.25, 0.3) is 0 Å². The van der Waals surface area contributed by atoms with Crippen molar-refractivity contribution < 1.29 is 24.5 Å². The molecule has 5 rings (SSSR count). The van der Waals surface area contributed by atoms with Crippen LogP contribution in [0, 0.1) is 17.8 Å². The van der Waals surface area contributed by atoms with Crippen molar-refractivity contribution in [3.05, 3.63) is 76.9 Å². The van der Waals surface area contributed by atoms with Gasteiger partial charge in [0.2, 0.25) is 11.8 Å². The van der Waals surface area contributed by atoms with Crippen molar-refractivity contribution in [2.75, 3.05) is 18.1 Å². The van der Waals surface area contributed by atoms with Gasteiger partial charge in [0.15, 0.2) is 0 Å².